The third-order valence-electron chi connectivity index (χ3n) is 1.67. The van der Waals surface area contributed by atoms with Gasteiger partial charge in [-0.3, -0.25) is 0 Å². The van der Waals surface area contributed by atoms with Crippen molar-refractivity contribution >= 4 is 0 Å². The van der Waals surface area contributed by atoms with Gasteiger partial charge in [0.25, 0.3) is 0 Å². The van der Waals surface area contributed by atoms with Gasteiger partial charge in [0.15, 0.2) is 0 Å². The zero-order chi connectivity index (χ0) is 8.91. The second-order valence-corrected chi connectivity index (χ2v) is 2.79. The largest absolute Gasteiger partial charge is 0.393 e. The third kappa shape index (κ3) is 3.96. The van der Waals surface area contributed by atoms with E-state index in [1.165, 1.54) is 12.2 Å². The van der Waals surface area contributed by atoms with Crippen LogP contribution in [0.3, 0.4) is 0 Å². The first-order valence-corrected chi connectivity index (χ1v) is 3.71. The van der Waals surface area contributed by atoms with Crippen LogP contribution >= 0.6 is 0 Å². The van der Waals surface area contributed by atoms with Crippen molar-refractivity contribution in [3.05, 3.63) is 25.3 Å². The normalized spacial score (nSPS) is 14.1. The van der Waals surface area contributed by atoms with Gasteiger partial charge in [0.2, 0.25) is 0 Å². The highest BCUT2D eigenvalue weighted by atomic mass is 16.3. The second kappa shape index (κ2) is 4.31. The fourth-order valence-corrected chi connectivity index (χ4v) is 0.728. The first-order valence-electron chi connectivity index (χ1n) is 3.71. The van der Waals surface area contributed by atoms with Gasteiger partial charge < -0.3 is 10.2 Å². The molecule has 0 aromatic rings. The molecule has 2 heteroatoms. The molecule has 0 saturated heterocycles. The monoisotopic (exact) mass is 156 g/mol. The van der Waals surface area contributed by atoms with Gasteiger partial charge in [0.05, 0.1) is 6.10 Å². The SMILES string of the molecule is C=CC(O)(C=C)CC[C@@H](C)O. The molecule has 0 unspecified atom stereocenters. The Balaban J connectivity index is 3.88. The van der Waals surface area contributed by atoms with Gasteiger partial charge in [0, 0.05) is 0 Å². The summed E-state index contributed by atoms with van der Waals surface area (Å²) in [6, 6.07) is 0. The minimum Gasteiger partial charge on any atom is -0.393 e. The number of rotatable bonds is 5. The van der Waals surface area contributed by atoms with Crippen LogP contribution in [0.25, 0.3) is 0 Å². The van der Waals surface area contributed by atoms with Crippen molar-refractivity contribution in [3.63, 3.8) is 0 Å². The molecule has 0 aliphatic rings. The minimum absolute atomic E-state index is 0.388. The molecule has 0 aliphatic carbocycles. The van der Waals surface area contributed by atoms with Gasteiger partial charge in [-0.2, -0.15) is 0 Å². The van der Waals surface area contributed by atoms with Gasteiger partial charge in [-0.15, -0.1) is 0 Å². The molecule has 1 atom stereocenters. The van der Waals surface area contributed by atoms with E-state index >= 15 is 0 Å². The molecule has 0 bridgehead atoms. The lowest BCUT2D eigenvalue weighted by Gasteiger charge is -2.19. The first kappa shape index (κ1) is 10.4. The molecule has 0 aromatic carbocycles. The summed E-state index contributed by atoms with van der Waals surface area (Å²) in [5.41, 5.74) is -1.02. The van der Waals surface area contributed by atoms with Crippen molar-refractivity contribution in [2.75, 3.05) is 0 Å². The number of aliphatic hydroxyl groups is 2. The van der Waals surface area contributed by atoms with E-state index in [2.05, 4.69) is 13.2 Å². The number of hydrogen-bond donors (Lipinski definition) is 2. The van der Waals surface area contributed by atoms with Crippen LogP contribution in [0.1, 0.15) is 19.8 Å². The quantitative estimate of drug-likeness (QED) is 0.588. The van der Waals surface area contributed by atoms with Crippen LogP contribution < -0.4 is 0 Å². The molecule has 0 fully saturated rings. The molecule has 64 valence electrons. The van der Waals surface area contributed by atoms with E-state index in [-0.39, 0.29) is 6.10 Å². The van der Waals surface area contributed by atoms with Crippen LogP contribution in [0.5, 0.6) is 0 Å². The Kier molecular flexibility index (Phi) is 4.08. The summed E-state index contributed by atoms with van der Waals surface area (Å²) in [5.74, 6) is 0. The van der Waals surface area contributed by atoms with Crippen molar-refractivity contribution in [1.82, 2.24) is 0 Å². The van der Waals surface area contributed by atoms with Crippen LogP contribution in [0.2, 0.25) is 0 Å². The molecule has 0 spiro atoms. The molecule has 0 heterocycles. The van der Waals surface area contributed by atoms with Crippen LogP contribution in [-0.2, 0) is 0 Å². The fourth-order valence-electron chi connectivity index (χ4n) is 0.728. The van der Waals surface area contributed by atoms with Crippen molar-refractivity contribution < 1.29 is 10.2 Å². The smallest absolute Gasteiger partial charge is 0.100 e. The van der Waals surface area contributed by atoms with E-state index < -0.39 is 5.60 Å². The lowest BCUT2D eigenvalue weighted by Crippen LogP contribution is -2.23. The second-order valence-electron chi connectivity index (χ2n) is 2.79. The maximum atomic E-state index is 9.53. The zero-order valence-corrected chi connectivity index (χ0v) is 6.95. The van der Waals surface area contributed by atoms with Crippen molar-refractivity contribution in [3.8, 4) is 0 Å². The predicted molar refractivity (Wildman–Crippen MR) is 46.3 cm³/mol. The fraction of sp³-hybridized carbons (Fsp3) is 0.556. The van der Waals surface area contributed by atoms with E-state index in [4.69, 9.17) is 5.11 Å². The average molecular weight is 156 g/mol. The standard InChI is InChI=1S/C9H16O2/c1-4-9(11,5-2)7-6-8(3)10/h4-5,8,10-11H,1-2,6-7H2,3H3/t8-/m1/s1. The molecule has 0 saturated carbocycles. The lowest BCUT2D eigenvalue weighted by molar-refractivity contribution is 0.101. The Morgan fingerprint density at radius 1 is 1.45 bits per heavy atom. The van der Waals surface area contributed by atoms with Crippen LogP contribution in [0.4, 0.5) is 0 Å². The Morgan fingerprint density at radius 2 is 1.91 bits per heavy atom. The van der Waals surface area contributed by atoms with E-state index in [9.17, 15) is 5.11 Å². The molecule has 2 nitrogen and oxygen atoms in total. The van der Waals surface area contributed by atoms with E-state index in [0.717, 1.165) is 0 Å². The summed E-state index contributed by atoms with van der Waals surface area (Å²) >= 11 is 0. The maximum Gasteiger partial charge on any atom is 0.100 e. The molecule has 0 rings (SSSR count). The minimum atomic E-state index is -1.02. The highest BCUT2D eigenvalue weighted by Gasteiger charge is 2.17. The molecule has 0 aliphatic heterocycles. The van der Waals surface area contributed by atoms with Crippen LogP contribution in [-0.4, -0.2) is 21.9 Å². The van der Waals surface area contributed by atoms with E-state index in [0.29, 0.717) is 12.8 Å². The Labute approximate surface area is 67.9 Å². The molecule has 11 heavy (non-hydrogen) atoms. The molecule has 0 radical (unpaired) electrons. The number of aliphatic hydroxyl groups excluding tert-OH is 1. The van der Waals surface area contributed by atoms with Gasteiger partial charge in [-0.25, -0.2) is 0 Å². The molecule has 0 aromatic heterocycles. The van der Waals surface area contributed by atoms with Gasteiger partial charge in [-0.05, 0) is 19.8 Å². The van der Waals surface area contributed by atoms with Crippen molar-refractivity contribution in [2.45, 2.75) is 31.5 Å². The van der Waals surface area contributed by atoms with Crippen molar-refractivity contribution in [1.29, 1.82) is 0 Å². The maximum absolute atomic E-state index is 9.53. The third-order valence-corrected chi connectivity index (χ3v) is 1.67. The average Bonchev–Trinajstić information content (AvgIpc) is 2.00. The van der Waals surface area contributed by atoms with E-state index in [1.807, 2.05) is 0 Å². The van der Waals surface area contributed by atoms with Crippen molar-refractivity contribution in [2.24, 2.45) is 0 Å². The molecule has 2 N–H and O–H groups in total. The van der Waals surface area contributed by atoms with E-state index in [1.54, 1.807) is 6.92 Å². The Morgan fingerprint density at radius 3 is 2.18 bits per heavy atom. The van der Waals surface area contributed by atoms with Gasteiger partial charge in [0.1, 0.15) is 5.60 Å². The molecule has 0 amide bonds. The lowest BCUT2D eigenvalue weighted by atomic mass is 9.96. The van der Waals surface area contributed by atoms with Gasteiger partial charge in [-0.1, -0.05) is 25.3 Å². The highest BCUT2D eigenvalue weighted by Crippen LogP contribution is 2.16. The summed E-state index contributed by atoms with van der Waals surface area (Å²) in [7, 11) is 0. The summed E-state index contributed by atoms with van der Waals surface area (Å²) in [6.07, 6.45) is 3.50. The van der Waals surface area contributed by atoms with Crippen LogP contribution in [0.15, 0.2) is 25.3 Å². The van der Waals surface area contributed by atoms with Crippen LogP contribution in [0, 0.1) is 0 Å². The summed E-state index contributed by atoms with van der Waals surface area (Å²) < 4.78 is 0. The Bertz CT molecular complexity index is 130. The van der Waals surface area contributed by atoms with Gasteiger partial charge >= 0.3 is 0 Å². The topological polar surface area (TPSA) is 40.5 Å². The molecular formula is C9H16O2. The first-order chi connectivity index (χ1) is 5.04. The predicted octanol–water partition coefficient (Wildman–Crippen LogP) is 1.25. The number of hydrogen-bond acceptors (Lipinski definition) is 2. The highest BCUT2D eigenvalue weighted by molar-refractivity contribution is 5.07. The Hall–Kier alpha value is -0.600. The summed E-state index contributed by atoms with van der Waals surface area (Å²) in [5, 5.41) is 18.5. The summed E-state index contributed by atoms with van der Waals surface area (Å²) in [6.45, 7) is 8.64. The summed E-state index contributed by atoms with van der Waals surface area (Å²) in [4.78, 5) is 0. The molecular weight excluding hydrogens is 140 g/mol. The zero-order valence-electron chi connectivity index (χ0n) is 6.95.